The fourth-order valence-corrected chi connectivity index (χ4v) is 3.58. The molecule has 2 aliphatic heterocycles. The Morgan fingerprint density at radius 1 is 1.25 bits per heavy atom. The molecule has 7 heteroatoms. The lowest BCUT2D eigenvalue weighted by molar-refractivity contribution is -0.143. The number of carbonyl (C=O) groups is 2. The van der Waals surface area contributed by atoms with E-state index in [0.717, 1.165) is 38.6 Å². The van der Waals surface area contributed by atoms with E-state index in [2.05, 4.69) is 5.32 Å². The number of nitrogens with one attached hydrogen (secondary N) is 1. The highest BCUT2D eigenvalue weighted by Crippen LogP contribution is 2.23. The average molecular weight is 341 g/mol. The molecule has 0 saturated carbocycles. The molecule has 1 atom stereocenters. The minimum absolute atomic E-state index is 0.0187. The quantitative estimate of drug-likeness (QED) is 0.789. The summed E-state index contributed by atoms with van der Waals surface area (Å²) in [5, 5.41) is 2.93. The van der Waals surface area contributed by atoms with E-state index in [4.69, 9.17) is 9.47 Å². The van der Waals surface area contributed by atoms with Crippen LogP contribution in [0.2, 0.25) is 0 Å². The summed E-state index contributed by atoms with van der Waals surface area (Å²) in [4.78, 5) is 28.7. The van der Waals surface area contributed by atoms with E-state index in [-0.39, 0.29) is 30.6 Å². The summed E-state index contributed by atoms with van der Waals surface area (Å²) in [5.74, 6) is 0.0187. The van der Waals surface area contributed by atoms with Crippen LogP contribution in [0.1, 0.15) is 39.0 Å². The van der Waals surface area contributed by atoms with Gasteiger partial charge >= 0.3 is 6.03 Å². The van der Waals surface area contributed by atoms with E-state index in [9.17, 15) is 9.59 Å². The first-order valence-electron chi connectivity index (χ1n) is 9.08. The van der Waals surface area contributed by atoms with Crippen LogP contribution in [-0.2, 0) is 14.3 Å². The summed E-state index contributed by atoms with van der Waals surface area (Å²) in [7, 11) is 1.55. The fourth-order valence-electron chi connectivity index (χ4n) is 3.58. The predicted octanol–water partition coefficient (Wildman–Crippen LogP) is 1.22. The Hall–Kier alpha value is -1.34. The second-order valence-electron chi connectivity index (χ2n) is 6.55. The first kappa shape index (κ1) is 19.0. The molecule has 2 saturated heterocycles. The van der Waals surface area contributed by atoms with Crippen molar-refractivity contribution in [3.63, 3.8) is 0 Å². The number of urea groups is 1. The first-order chi connectivity index (χ1) is 11.7. The molecule has 3 amide bonds. The Bertz CT molecular complexity index is 413. The molecule has 0 aromatic heterocycles. The summed E-state index contributed by atoms with van der Waals surface area (Å²) >= 11 is 0. The molecular weight excluding hydrogens is 310 g/mol. The highest BCUT2D eigenvalue weighted by atomic mass is 16.5. The third kappa shape index (κ3) is 5.08. The molecule has 0 aromatic carbocycles. The van der Waals surface area contributed by atoms with Crippen molar-refractivity contribution in [3.05, 3.63) is 0 Å². The van der Waals surface area contributed by atoms with Gasteiger partial charge in [0.1, 0.15) is 6.61 Å². The lowest BCUT2D eigenvalue weighted by Crippen LogP contribution is -2.58. The Balaban J connectivity index is 2.03. The first-order valence-corrected chi connectivity index (χ1v) is 9.08. The fraction of sp³-hybridized carbons (Fsp3) is 0.882. The van der Waals surface area contributed by atoms with Crippen molar-refractivity contribution >= 4 is 11.9 Å². The van der Waals surface area contributed by atoms with E-state index in [1.807, 2.05) is 16.7 Å². The zero-order chi connectivity index (χ0) is 17.4. The molecule has 2 aliphatic rings. The van der Waals surface area contributed by atoms with Gasteiger partial charge in [-0.2, -0.15) is 0 Å². The van der Waals surface area contributed by atoms with Gasteiger partial charge in [-0.1, -0.05) is 6.92 Å². The molecule has 138 valence electrons. The van der Waals surface area contributed by atoms with Gasteiger partial charge in [0, 0.05) is 52.0 Å². The average Bonchev–Trinajstić information content (AvgIpc) is 2.61. The molecule has 0 spiro atoms. The van der Waals surface area contributed by atoms with Gasteiger partial charge in [0.2, 0.25) is 5.91 Å². The van der Waals surface area contributed by atoms with Crippen molar-refractivity contribution in [2.75, 3.05) is 46.6 Å². The molecule has 0 aliphatic carbocycles. The Labute approximate surface area is 144 Å². The molecule has 0 radical (unpaired) electrons. The Morgan fingerprint density at radius 3 is 2.67 bits per heavy atom. The largest absolute Gasteiger partial charge is 0.381 e. The highest BCUT2D eigenvalue weighted by Gasteiger charge is 2.35. The summed E-state index contributed by atoms with van der Waals surface area (Å²) in [6.07, 6.45) is 4.49. The zero-order valence-electron chi connectivity index (χ0n) is 15.0. The molecular formula is C17H31N3O4. The van der Waals surface area contributed by atoms with E-state index < -0.39 is 0 Å². The smallest absolute Gasteiger partial charge is 0.317 e. The Morgan fingerprint density at radius 2 is 2.00 bits per heavy atom. The van der Waals surface area contributed by atoms with Gasteiger partial charge in [-0.15, -0.1) is 0 Å². The van der Waals surface area contributed by atoms with Crippen LogP contribution < -0.4 is 5.32 Å². The van der Waals surface area contributed by atoms with Crippen LogP contribution in [0.3, 0.4) is 0 Å². The van der Waals surface area contributed by atoms with E-state index in [1.165, 1.54) is 0 Å². The Kier molecular flexibility index (Phi) is 7.78. The third-order valence-corrected chi connectivity index (χ3v) is 4.74. The van der Waals surface area contributed by atoms with Crippen molar-refractivity contribution in [2.24, 2.45) is 0 Å². The van der Waals surface area contributed by atoms with E-state index in [1.54, 1.807) is 7.11 Å². The molecule has 7 nitrogen and oxygen atoms in total. The summed E-state index contributed by atoms with van der Waals surface area (Å²) in [5.41, 5.74) is 0. The van der Waals surface area contributed by atoms with Crippen LogP contribution in [0.4, 0.5) is 4.79 Å². The maximum Gasteiger partial charge on any atom is 0.317 e. The van der Waals surface area contributed by atoms with Gasteiger partial charge in [0.05, 0.1) is 0 Å². The minimum Gasteiger partial charge on any atom is -0.381 e. The van der Waals surface area contributed by atoms with Gasteiger partial charge in [-0.3, -0.25) is 4.79 Å². The summed E-state index contributed by atoms with van der Waals surface area (Å²) in [6, 6.07) is 0.231. The molecule has 1 N–H and O–H groups in total. The molecule has 0 aromatic rings. The normalized spacial score (nSPS) is 22.2. The number of piperidine rings is 1. The maximum atomic E-state index is 12.6. The number of hydrogen-bond donors (Lipinski definition) is 1. The molecule has 24 heavy (non-hydrogen) atoms. The second-order valence-corrected chi connectivity index (χ2v) is 6.55. The van der Waals surface area contributed by atoms with Crippen molar-refractivity contribution in [2.45, 2.75) is 51.1 Å². The molecule has 2 fully saturated rings. The van der Waals surface area contributed by atoms with Crippen LogP contribution in [0.5, 0.6) is 0 Å². The topological polar surface area (TPSA) is 71.1 Å². The van der Waals surface area contributed by atoms with E-state index in [0.29, 0.717) is 26.3 Å². The molecule has 2 heterocycles. The predicted molar refractivity (Wildman–Crippen MR) is 90.8 cm³/mol. The third-order valence-electron chi connectivity index (χ3n) is 4.74. The van der Waals surface area contributed by atoms with E-state index >= 15 is 0 Å². The van der Waals surface area contributed by atoms with Gasteiger partial charge in [-0.05, 0) is 32.1 Å². The number of likely N-dealkylation sites (tertiary alicyclic amines) is 1. The van der Waals surface area contributed by atoms with Gasteiger partial charge in [0.25, 0.3) is 0 Å². The van der Waals surface area contributed by atoms with Crippen LogP contribution in [0.25, 0.3) is 0 Å². The monoisotopic (exact) mass is 341 g/mol. The summed E-state index contributed by atoms with van der Waals surface area (Å²) in [6.45, 7) is 5.55. The SMILES string of the molecule is CCCNC(=O)N1CCCC(N(C(=O)COC)C2CCOCC2)C1. The number of nitrogens with zero attached hydrogens (tertiary/aromatic N) is 2. The second kappa shape index (κ2) is 9.84. The van der Waals surface area contributed by atoms with Crippen molar-refractivity contribution in [3.8, 4) is 0 Å². The minimum atomic E-state index is -0.0207. The standard InChI is InChI=1S/C17H31N3O4/c1-3-8-18-17(22)19-9-4-5-15(12-19)20(16(21)13-23-2)14-6-10-24-11-7-14/h14-15H,3-13H2,1-2H3,(H,18,22). The number of ether oxygens (including phenoxy) is 2. The lowest BCUT2D eigenvalue weighted by atomic mass is 9.98. The van der Waals surface area contributed by atoms with Gasteiger partial charge < -0.3 is 24.6 Å². The number of methoxy groups -OCH3 is 1. The molecule has 0 bridgehead atoms. The van der Waals surface area contributed by atoms with Crippen molar-refractivity contribution < 1.29 is 19.1 Å². The maximum absolute atomic E-state index is 12.6. The summed E-state index contributed by atoms with van der Waals surface area (Å²) < 4.78 is 10.5. The highest BCUT2D eigenvalue weighted by molar-refractivity contribution is 5.78. The number of carbonyl (C=O) groups excluding carboxylic acids is 2. The molecule has 2 rings (SSSR count). The number of hydrogen-bond acceptors (Lipinski definition) is 4. The lowest BCUT2D eigenvalue weighted by Gasteiger charge is -2.44. The van der Waals surface area contributed by atoms with Crippen molar-refractivity contribution in [1.29, 1.82) is 0 Å². The van der Waals surface area contributed by atoms with Crippen molar-refractivity contribution in [1.82, 2.24) is 15.1 Å². The number of amides is 3. The van der Waals surface area contributed by atoms with Crippen LogP contribution in [0, 0.1) is 0 Å². The van der Waals surface area contributed by atoms with Gasteiger partial charge in [0.15, 0.2) is 0 Å². The van der Waals surface area contributed by atoms with Gasteiger partial charge in [-0.25, -0.2) is 4.79 Å². The van der Waals surface area contributed by atoms with Crippen LogP contribution in [0.15, 0.2) is 0 Å². The van der Waals surface area contributed by atoms with Crippen LogP contribution in [-0.4, -0.2) is 80.4 Å². The number of rotatable bonds is 6. The zero-order valence-corrected chi connectivity index (χ0v) is 15.0. The molecule has 1 unspecified atom stereocenters. The van der Waals surface area contributed by atoms with Crippen LogP contribution >= 0.6 is 0 Å².